The van der Waals surface area contributed by atoms with Gasteiger partial charge in [-0.25, -0.2) is 0 Å². The van der Waals surface area contributed by atoms with E-state index in [1.165, 1.54) is 11.3 Å². The van der Waals surface area contributed by atoms with E-state index in [2.05, 4.69) is 49.4 Å². The summed E-state index contributed by atoms with van der Waals surface area (Å²) in [4.78, 5) is 3.17. The first-order chi connectivity index (χ1) is 5.72. The molecule has 1 nitrogen and oxygen atoms in total. The molecule has 0 amide bonds. The van der Waals surface area contributed by atoms with E-state index < -0.39 is 0 Å². The summed E-state index contributed by atoms with van der Waals surface area (Å²) in [5, 5.41) is 0.420. The van der Waals surface area contributed by atoms with Crippen LogP contribution in [-0.4, -0.2) is 16.0 Å². The summed E-state index contributed by atoms with van der Waals surface area (Å²) in [5.41, 5.74) is 2.60. The normalized spacial score (nSPS) is 13.2. The minimum absolute atomic E-state index is 0.420. The van der Waals surface area contributed by atoms with Gasteiger partial charge in [0.1, 0.15) is 0 Å². The Morgan fingerprint density at radius 3 is 2.83 bits per heavy atom. The van der Waals surface area contributed by atoms with Gasteiger partial charge in [-0.2, -0.15) is 25.3 Å². The van der Waals surface area contributed by atoms with E-state index >= 15 is 0 Å². The van der Waals surface area contributed by atoms with Gasteiger partial charge in [0.05, 0.1) is 0 Å². The molecule has 0 spiro atoms. The molecule has 1 aromatic heterocycles. The van der Waals surface area contributed by atoms with Crippen molar-refractivity contribution in [1.29, 1.82) is 0 Å². The van der Waals surface area contributed by atoms with Crippen molar-refractivity contribution in [3.05, 3.63) is 23.5 Å². The Morgan fingerprint density at radius 2 is 2.33 bits per heavy atom. The first kappa shape index (κ1) is 10.1. The molecule has 0 bridgehead atoms. The van der Waals surface area contributed by atoms with Crippen LogP contribution in [0, 0.1) is 6.92 Å². The summed E-state index contributed by atoms with van der Waals surface area (Å²) < 4.78 is 0. The summed E-state index contributed by atoms with van der Waals surface area (Å²) in [7, 11) is 0. The van der Waals surface area contributed by atoms with Crippen LogP contribution in [0.4, 0.5) is 0 Å². The number of aryl methyl sites for hydroxylation is 2. The topological polar surface area (TPSA) is 15.8 Å². The minimum atomic E-state index is 0.420. The molecule has 0 unspecified atom stereocenters. The second-order valence-corrected chi connectivity index (χ2v) is 4.16. The smallest absolute Gasteiger partial charge is 0.0118 e. The highest BCUT2D eigenvalue weighted by Crippen LogP contribution is 2.10. The SMILES string of the molecule is Cc1cc(CC[C@@H](S)CS)c[nH]1. The minimum Gasteiger partial charge on any atom is -0.365 e. The Labute approximate surface area is 84.8 Å². The number of nitrogens with one attached hydrogen (secondary N) is 1. The van der Waals surface area contributed by atoms with Gasteiger partial charge in [-0.15, -0.1) is 0 Å². The zero-order valence-corrected chi connectivity index (χ0v) is 9.04. The molecule has 0 saturated heterocycles. The van der Waals surface area contributed by atoms with Crippen LogP contribution in [0.1, 0.15) is 17.7 Å². The lowest BCUT2D eigenvalue weighted by Crippen LogP contribution is -2.01. The highest BCUT2D eigenvalue weighted by Gasteiger charge is 2.01. The molecule has 0 saturated carbocycles. The summed E-state index contributed by atoms with van der Waals surface area (Å²) >= 11 is 8.56. The number of H-pyrrole nitrogens is 1. The van der Waals surface area contributed by atoms with Crippen molar-refractivity contribution in [1.82, 2.24) is 4.98 Å². The molecule has 68 valence electrons. The quantitative estimate of drug-likeness (QED) is 0.621. The third-order valence-electron chi connectivity index (χ3n) is 1.86. The third kappa shape index (κ3) is 3.15. The third-order valence-corrected chi connectivity index (χ3v) is 3.03. The molecule has 1 heterocycles. The Bertz CT molecular complexity index is 232. The second kappa shape index (κ2) is 4.87. The Hall–Kier alpha value is -0.0200. The van der Waals surface area contributed by atoms with Crippen LogP contribution in [0.15, 0.2) is 12.3 Å². The summed E-state index contributed by atoms with van der Waals surface area (Å²) in [5.74, 6) is 0.854. The van der Waals surface area contributed by atoms with Gasteiger partial charge in [0, 0.05) is 22.9 Å². The van der Waals surface area contributed by atoms with E-state index in [9.17, 15) is 0 Å². The van der Waals surface area contributed by atoms with Crippen molar-refractivity contribution in [2.45, 2.75) is 25.0 Å². The van der Waals surface area contributed by atoms with Crippen LogP contribution in [0.25, 0.3) is 0 Å². The van der Waals surface area contributed by atoms with Crippen LogP contribution < -0.4 is 0 Å². The fourth-order valence-electron chi connectivity index (χ4n) is 1.14. The number of thiol groups is 2. The molecular formula is C9H15NS2. The number of rotatable bonds is 4. The molecule has 0 aliphatic heterocycles. The molecule has 0 aromatic carbocycles. The van der Waals surface area contributed by atoms with Crippen molar-refractivity contribution in [3.63, 3.8) is 0 Å². The zero-order valence-electron chi connectivity index (χ0n) is 7.25. The maximum atomic E-state index is 4.38. The zero-order chi connectivity index (χ0) is 8.97. The van der Waals surface area contributed by atoms with Gasteiger partial charge in [0.25, 0.3) is 0 Å². The molecule has 3 heteroatoms. The maximum absolute atomic E-state index is 4.38. The van der Waals surface area contributed by atoms with E-state index in [1.807, 2.05) is 0 Å². The summed E-state index contributed by atoms with van der Waals surface area (Å²) in [6.07, 6.45) is 4.26. The van der Waals surface area contributed by atoms with Crippen molar-refractivity contribution >= 4 is 25.3 Å². The lowest BCUT2D eigenvalue weighted by atomic mass is 10.1. The standard InChI is InChI=1S/C9H15NS2/c1-7-4-8(5-10-7)2-3-9(12)6-11/h4-5,9-12H,2-3,6H2,1H3/t9-/m1/s1. The lowest BCUT2D eigenvalue weighted by Gasteiger charge is -2.04. The van der Waals surface area contributed by atoms with Crippen LogP contribution in [-0.2, 0) is 6.42 Å². The van der Waals surface area contributed by atoms with Gasteiger partial charge in [-0.05, 0) is 31.4 Å². The maximum Gasteiger partial charge on any atom is 0.0118 e. The van der Waals surface area contributed by atoms with Gasteiger partial charge in [0.15, 0.2) is 0 Å². The lowest BCUT2D eigenvalue weighted by molar-refractivity contribution is 0.825. The van der Waals surface area contributed by atoms with Gasteiger partial charge in [-0.1, -0.05) is 0 Å². The molecule has 0 aliphatic rings. The van der Waals surface area contributed by atoms with E-state index in [0.717, 1.165) is 18.6 Å². The van der Waals surface area contributed by atoms with E-state index in [-0.39, 0.29) is 0 Å². The molecule has 1 rings (SSSR count). The Morgan fingerprint density at radius 1 is 1.58 bits per heavy atom. The second-order valence-electron chi connectivity index (χ2n) is 3.07. The van der Waals surface area contributed by atoms with Crippen LogP contribution >= 0.6 is 25.3 Å². The van der Waals surface area contributed by atoms with Crippen molar-refractivity contribution in [2.75, 3.05) is 5.75 Å². The van der Waals surface area contributed by atoms with Crippen molar-refractivity contribution < 1.29 is 0 Å². The van der Waals surface area contributed by atoms with Crippen LogP contribution in [0.5, 0.6) is 0 Å². The molecule has 12 heavy (non-hydrogen) atoms. The Balaban J connectivity index is 2.33. The van der Waals surface area contributed by atoms with Gasteiger partial charge >= 0.3 is 0 Å². The first-order valence-corrected chi connectivity index (χ1v) is 5.30. The van der Waals surface area contributed by atoms with Gasteiger partial charge < -0.3 is 4.98 Å². The van der Waals surface area contributed by atoms with Gasteiger partial charge in [0.2, 0.25) is 0 Å². The number of aromatic amines is 1. The molecule has 1 atom stereocenters. The van der Waals surface area contributed by atoms with E-state index in [4.69, 9.17) is 0 Å². The molecular weight excluding hydrogens is 186 g/mol. The van der Waals surface area contributed by atoms with Gasteiger partial charge in [-0.3, -0.25) is 0 Å². The summed E-state index contributed by atoms with van der Waals surface area (Å²) in [6.45, 7) is 2.07. The Kier molecular flexibility index (Phi) is 4.09. The average Bonchev–Trinajstić information content (AvgIpc) is 2.47. The van der Waals surface area contributed by atoms with E-state index in [1.54, 1.807) is 0 Å². The fraction of sp³-hybridized carbons (Fsp3) is 0.556. The first-order valence-electron chi connectivity index (χ1n) is 4.15. The molecule has 0 radical (unpaired) electrons. The largest absolute Gasteiger partial charge is 0.365 e. The van der Waals surface area contributed by atoms with Crippen molar-refractivity contribution in [2.24, 2.45) is 0 Å². The fourth-order valence-corrected chi connectivity index (χ4v) is 1.45. The monoisotopic (exact) mass is 201 g/mol. The van der Waals surface area contributed by atoms with Crippen LogP contribution in [0.2, 0.25) is 0 Å². The number of hydrogen-bond acceptors (Lipinski definition) is 2. The molecule has 0 fully saturated rings. The van der Waals surface area contributed by atoms with E-state index in [0.29, 0.717) is 5.25 Å². The molecule has 0 aliphatic carbocycles. The highest BCUT2D eigenvalue weighted by atomic mass is 32.1. The number of aromatic nitrogens is 1. The highest BCUT2D eigenvalue weighted by molar-refractivity contribution is 7.84. The molecule has 1 aromatic rings. The summed E-state index contributed by atoms with van der Waals surface area (Å²) in [6, 6.07) is 2.18. The number of hydrogen-bond donors (Lipinski definition) is 3. The molecule has 1 N–H and O–H groups in total. The van der Waals surface area contributed by atoms with Crippen molar-refractivity contribution in [3.8, 4) is 0 Å². The average molecular weight is 201 g/mol. The predicted octanol–water partition coefficient (Wildman–Crippen LogP) is 2.48. The van der Waals surface area contributed by atoms with Crippen LogP contribution in [0.3, 0.4) is 0 Å². The predicted molar refractivity (Wildman–Crippen MR) is 60.5 cm³/mol.